The minimum Gasteiger partial charge on any atom is -0.370 e. The number of likely N-dealkylation sites (tertiary alicyclic amines) is 2. The smallest absolute Gasteiger partial charge is 0.370 e. The van der Waals surface area contributed by atoms with Crippen LogP contribution >= 0.6 is 0 Å². The zero-order chi connectivity index (χ0) is 21.5. The molecule has 0 spiro atoms. The lowest BCUT2D eigenvalue weighted by Gasteiger charge is -2.46. The highest BCUT2D eigenvalue weighted by Crippen LogP contribution is 2.35. The van der Waals surface area contributed by atoms with Crippen LogP contribution < -0.4 is 0 Å². The molecule has 2 heterocycles. The molecule has 0 N–H and O–H groups in total. The number of alkyl halides is 3. The molecule has 2 atom stereocenters. The number of Topliss-reactive ketones (excluding diaryl/α,β-unsaturated/α-hetero) is 1. The Hall–Kier alpha value is -2.16. The van der Waals surface area contributed by atoms with Crippen molar-refractivity contribution in [1.82, 2.24) is 9.80 Å². The normalized spacial score (nSPS) is 25.1. The Morgan fingerprint density at radius 3 is 2.57 bits per heavy atom. The molecular weight excluding hydrogens is 404 g/mol. The average molecular weight is 428 g/mol. The SMILES string of the molecule is O=C1CC[C@H]2CCN(C(=O)N3CC(OCc4ccc(C(F)(F)F)cc4F)C3)C[C@H]2C1. The number of benzene rings is 1. The van der Waals surface area contributed by atoms with Gasteiger partial charge in [-0.2, -0.15) is 13.2 Å². The fourth-order valence-corrected chi connectivity index (χ4v) is 4.55. The number of carbonyl (C=O) groups excluding carboxylic acids is 2. The van der Waals surface area contributed by atoms with Crippen LogP contribution in [0.4, 0.5) is 22.4 Å². The predicted octanol–water partition coefficient (Wildman–Crippen LogP) is 3.86. The fraction of sp³-hybridized carbons (Fsp3) is 0.619. The topological polar surface area (TPSA) is 49.9 Å². The van der Waals surface area contributed by atoms with E-state index in [0.29, 0.717) is 51.0 Å². The van der Waals surface area contributed by atoms with Crippen LogP contribution in [0.5, 0.6) is 0 Å². The van der Waals surface area contributed by atoms with Gasteiger partial charge in [0, 0.05) is 31.5 Å². The Balaban J connectivity index is 1.23. The van der Waals surface area contributed by atoms with Crippen molar-refractivity contribution in [2.24, 2.45) is 11.8 Å². The first kappa shape index (κ1) is 21.1. The molecule has 1 aromatic rings. The van der Waals surface area contributed by atoms with Gasteiger partial charge in [0.15, 0.2) is 0 Å². The van der Waals surface area contributed by atoms with Gasteiger partial charge in [-0.1, -0.05) is 6.07 Å². The minimum absolute atomic E-state index is 0.0526. The van der Waals surface area contributed by atoms with Crippen LogP contribution in [0.3, 0.4) is 0 Å². The molecule has 2 saturated heterocycles. The summed E-state index contributed by atoms with van der Waals surface area (Å²) < 4.78 is 57.3. The molecule has 2 aliphatic heterocycles. The molecule has 0 bridgehead atoms. The lowest BCUT2D eigenvalue weighted by molar-refractivity contribution is -0.137. The molecule has 1 aliphatic carbocycles. The van der Waals surface area contributed by atoms with E-state index in [-0.39, 0.29) is 36.0 Å². The summed E-state index contributed by atoms with van der Waals surface area (Å²) in [7, 11) is 0. The molecule has 0 radical (unpaired) electrons. The molecule has 4 rings (SSSR count). The number of fused-ring (bicyclic) bond motifs is 1. The van der Waals surface area contributed by atoms with Crippen LogP contribution in [0.2, 0.25) is 0 Å². The largest absolute Gasteiger partial charge is 0.416 e. The zero-order valence-electron chi connectivity index (χ0n) is 16.5. The molecule has 3 aliphatic rings. The van der Waals surface area contributed by atoms with Crippen molar-refractivity contribution in [3.05, 3.63) is 35.1 Å². The van der Waals surface area contributed by atoms with Crippen LogP contribution in [0, 0.1) is 17.7 Å². The highest BCUT2D eigenvalue weighted by atomic mass is 19.4. The molecule has 1 saturated carbocycles. The third kappa shape index (κ3) is 4.45. The summed E-state index contributed by atoms with van der Waals surface area (Å²) in [4.78, 5) is 27.8. The number of rotatable bonds is 3. The molecule has 2 amide bonds. The molecule has 30 heavy (non-hydrogen) atoms. The van der Waals surface area contributed by atoms with E-state index in [1.54, 1.807) is 9.80 Å². The molecule has 164 valence electrons. The molecule has 5 nitrogen and oxygen atoms in total. The van der Waals surface area contributed by atoms with Gasteiger partial charge < -0.3 is 14.5 Å². The van der Waals surface area contributed by atoms with Crippen molar-refractivity contribution in [3.8, 4) is 0 Å². The molecular formula is C21H24F4N2O3. The monoisotopic (exact) mass is 428 g/mol. The Bertz CT molecular complexity index is 823. The van der Waals surface area contributed by atoms with E-state index in [9.17, 15) is 27.2 Å². The van der Waals surface area contributed by atoms with Crippen LogP contribution in [0.15, 0.2) is 18.2 Å². The second kappa shape index (κ2) is 8.17. The highest BCUT2D eigenvalue weighted by Gasteiger charge is 2.40. The van der Waals surface area contributed by atoms with Gasteiger partial charge in [-0.3, -0.25) is 4.79 Å². The van der Waals surface area contributed by atoms with E-state index in [0.717, 1.165) is 25.0 Å². The van der Waals surface area contributed by atoms with Crippen molar-refractivity contribution in [3.63, 3.8) is 0 Å². The first-order valence-corrected chi connectivity index (χ1v) is 10.2. The van der Waals surface area contributed by atoms with Gasteiger partial charge in [-0.25, -0.2) is 9.18 Å². The lowest BCUT2D eigenvalue weighted by atomic mass is 9.74. The standard InChI is InChI=1S/C21H24F4N2O3/c22-19-8-16(21(23,24)25)3-1-14(19)12-30-18-10-27(11-18)20(29)26-6-5-13-2-4-17(28)7-15(13)9-26/h1,3,8,13,15,18H,2,4-7,9-12H2/t13-,15+/m0/s1. The van der Waals surface area contributed by atoms with Gasteiger partial charge in [-0.05, 0) is 36.8 Å². The second-order valence-corrected chi connectivity index (χ2v) is 8.46. The number of nitrogens with zero attached hydrogens (tertiary/aromatic N) is 2. The summed E-state index contributed by atoms with van der Waals surface area (Å²) in [5.41, 5.74) is -0.982. The van der Waals surface area contributed by atoms with Crippen molar-refractivity contribution < 1.29 is 31.9 Å². The van der Waals surface area contributed by atoms with E-state index in [4.69, 9.17) is 4.74 Å². The van der Waals surface area contributed by atoms with Gasteiger partial charge in [0.05, 0.1) is 31.4 Å². The highest BCUT2D eigenvalue weighted by molar-refractivity contribution is 5.80. The Labute approximate surface area is 172 Å². The zero-order valence-corrected chi connectivity index (χ0v) is 16.5. The Morgan fingerprint density at radius 2 is 1.87 bits per heavy atom. The average Bonchev–Trinajstić information content (AvgIpc) is 2.66. The first-order chi connectivity index (χ1) is 14.2. The van der Waals surface area contributed by atoms with Gasteiger partial charge in [0.1, 0.15) is 11.6 Å². The van der Waals surface area contributed by atoms with Crippen LogP contribution in [-0.4, -0.2) is 53.9 Å². The molecule has 9 heteroatoms. The van der Waals surface area contributed by atoms with Crippen molar-refractivity contribution in [2.75, 3.05) is 26.2 Å². The van der Waals surface area contributed by atoms with Gasteiger partial charge in [0.25, 0.3) is 0 Å². The van der Waals surface area contributed by atoms with E-state index in [1.165, 1.54) is 0 Å². The Kier molecular flexibility index (Phi) is 5.74. The molecule has 0 unspecified atom stereocenters. The molecule has 3 fully saturated rings. The second-order valence-electron chi connectivity index (χ2n) is 8.46. The van der Waals surface area contributed by atoms with Crippen molar-refractivity contribution in [2.45, 2.75) is 44.6 Å². The summed E-state index contributed by atoms with van der Waals surface area (Å²) in [5, 5.41) is 0. The third-order valence-corrected chi connectivity index (χ3v) is 6.42. The van der Waals surface area contributed by atoms with Crippen LogP contribution in [0.25, 0.3) is 0 Å². The lowest BCUT2D eigenvalue weighted by Crippen LogP contribution is -2.60. The summed E-state index contributed by atoms with van der Waals surface area (Å²) in [6.07, 6.45) is -1.81. The van der Waals surface area contributed by atoms with Gasteiger partial charge in [-0.15, -0.1) is 0 Å². The van der Waals surface area contributed by atoms with Crippen molar-refractivity contribution in [1.29, 1.82) is 0 Å². The number of hydrogen-bond acceptors (Lipinski definition) is 3. The minimum atomic E-state index is -4.59. The maximum Gasteiger partial charge on any atom is 0.416 e. The molecule has 0 aromatic heterocycles. The summed E-state index contributed by atoms with van der Waals surface area (Å²) >= 11 is 0. The predicted molar refractivity (Wildman–Crippen MR) is 99.0 cm³/mol. The van der Waals surface area contributed by atoms with E-state index < -0.39 is 17.6 Å². The first-order valence-electron chi connectivity index (χ1n) is 10.2. The van der Waals surface area contributed by atoms with Crippen molar-refractivity contribution >= 4 is 11.8 Å². The number of amides is 2. The maximum atomic E-state index is 13.9. The van der Waals surface area contributed by atoms with E-state index in [1.807, 2.05) is 0 Å². The van der Waals surface area contributed by atoms with Crippen LogP contribution in [0.1, 0.15) is 36.8 Å². The quantitative estimate of drug-likeness (QED) is 0.687. The third-order valence-electron chi connectivity index (χ3n) is 6.42. The van der Waals surface area contributed by atoms with Crippen LogP contribution in [-0.2, 0) is 22.3 Å². The fourth-order valence-electron chi connectivity index (χ4n) is 4.55. The number of hydrogen-bond donors (Lipinski definition) is 0. The van der Waals surface area contributed by atoms with E-state index in [2.05, 4.69) is 0 Å². The Morgan fingerprint density at radius 1 is 1.10 bits per heavy atom. The van der Waals surface area contributed by atoms with Gasteiger partial charge >= 0.3 is 12.2 Å². The maximum absolute atomic E-state index is 13.9. The van der Waals surface area contributed by atoms with E-state index >= 15 is 0 Å². The number of ether oxygens (including phenoxy) is 1. The molecule has 1 aromatic carbocycles. The number of ketones is 1. The number of halogens is 4. The number of carbonyl (C=O) groups is 2. The number of piperidine rings is 1. The number of urea groups is 1. The van der Waals surface area contributed by atoms with Gasteiger partial charge in [0.2, 0.25) is 0 Å². The summed E-state index contributed by atoms with van der Waals surface area (Å²) in [6.45, 7) is 1.88. The summed E-state index contributed by atoms with van der Waals surface area (Å²) in [5.74, 6) is 0.0956. The summed E-state index contributed by atoms with van der Waals surface area (Å²) in [6, 6.07) is 2.30.